The number of rotatable bonds is 3. The van der Waals surface area contributed by atoms with E-state index in [0.717, 1.165) is 37.1 Å². The Bertz CT molecular complexity index is 696. The van der Waals surface area contributed by atoms with Crippen molar-refractivity contribution in [2.24, 2.45) is 0 Å². The molecule has 0 unspecified atom stereocenters. The van der Waals surface area contributed by atoms with E-state index in [-0.39, 0.29) is 11.3 Å². The maximum Gasteiger partial charge on any atom is 0.238 e. The molecule has 4 nitrogen and oxygen atoms in total. The highest BCUT2D eigenvalue weighted by atomic mass is 19.1. The Morgan fingerprint density at radius 1 is 1.18 bits per heavy atom. The van der Waals surface area contributed by atoms with Crippen LogP contribution in [-0.4, -0.2) is 15.1 Å². The summed E-state index contributed by atoms with van der Waals surface area (Å²) in [6.45, 7) is 3.05. The molecule has 0 aliphatic heterocycles. The molecule has 0 fully saturated rings. The lowest BCUT2D eigenvalue weighted by molar-refractivity contribution is 0.0720. The van der Waals surface area contributed by atoms with E-state index in [1.54, 1.807) is 18.3 Å². The first-order valence-electron chi connectivity index (χ1n) is 7.49. The summed E-state index contributed by atoms with van der Waals surface area (Å²) in [5, 5.41) is 10.2. The first-order chi connectivity index (χ1) is 10.4. The van der Waals surface area contributed by atoms with Crippen LogP contribution in [0.3, 0.4) is 0 Å². The van der Waals surface area contributed by atoms with E-state index >= 15 is 0 Å². The topological polar surface area (TPSA) is 55.2 Å². The summed E-state index contributed by atoms with van der Waals surface area (Å²) in [5.41, 5.74) is 0.738. The fourth-order valence-electron chi connectivity index (χ4n) is 2.77. The molecule has 116 valence electrons. The van der Waals surface area contributed by atoms with Crippen molar-refractivity contribution in [3.8, 4) is 11.6 Å². The van der Waals surface area contributed by atoms with Crippen LogP contribution in [0.4, 0.5) is 4.39 Å². The second kappa shape index (κ2) is 5.65. The van der Waals surface area contributed by atoms with Gasteiger partial charge in [0.05, 0.1) is 28.7 Å². The molecular weight excluding hydrogens is 283 g/mol. The number of nitrogens with zero attached hydrogens (tertiary/aromatic N) is 2. The van der Waals surface area contributed by atoms with Gasteiger partial charge in [0, 0.05) is 0 Å². The fourth-order valence-corrected chi connectivity index (χ4v) is 2.77. The quantitative estimate of drug-likeness (QED) is 0.942. The maximum atomic E-state index is 14.0. The number of hydrogen-bond donors (Lipinski definition) is 1. The van der Waals surface area contributed by atoms with Crippen LogP contribution in [0.1, 0.15) is 43.6 Å². The standard InChI is InChI=1S/C17H19FN2O2/c1-17(2,21)16-11(18)6-5-9-14(16)22-15-10-19-12-7-3-4-8-13(12)20-15/h5-6,9-10,21H,3-4,7-8H2,1-2H3. The summed E-state index contributed by atoms with van der Waals surface area (Å²) in [7, 11) is 0. The Labute approximate surface area is 129 Å². The minimum Gasteiger partial charge on any atom is -0.437 e. The van der Waals surface area contributed by atoms with Crippen LogP contribution in [-0.2, 0) is 18.4 Å². The van der Waals surface area contributed by atoms with Gasteiger partial charge < -0.3 is 9.84 Å². The van der Waals surface area contributed by atoms with E-state index < -0.39 is 11.4 Å². The third kappa shape index (κ3) is 2.95. The van der Waals surface area contributed by atoms with Crippen molar-refractivity contribution in [1.29, 1.82) is 0 Å². The van der Waals surface area contributed by atoms with Crippen LogP contribution in [0, 0.1) is 5.82 Å². The van der Waals surface area contributed by atoms with Gasteiger partial charge in [0.25, 0.3) is 0 Å². The molecule has 5 heteroatoms. The SMILES string of the molecule is CC(C)(O)c1c(F)cccc1Oc1cnc2c(n1)CCCC2. The minimum absolute atomic E-state index is 0.120. The van der Waals surface area contributed by atoms with Gasteiger partial charge in [-0.2, -0.15) is 0 Å². The van der Waals surface area contributed by atoms with E-state index in [9.17, 15) is 9.50 Å². The Hall–Kier alpha value is -2.01. The van der Waals surface area contributed by atoms with E-state index in [4.69, 9.17) is 4.74 Å². The van der Waals surface area contributed by atoms with Crippen LogP contribution >= 0.6 is 0 Å². The predicted octanol–water partition coefficient (Wildman–Crippen LogP) is 3.51. The normalized spacial score (nSPS) is 14.5. The molecule has 22 heavy (non-hydrogen) atoms. The highest BCUT2D eigenvalue weighted by molar-refractivity contribution is 5.40. The van der Waals surface area contributed by atoms with Crippen molar-refractivity contribution in [1.82, 2.24) is 9.97 Å². The van der Waals surface area contributed by atoms with Crippen molar-refractivity contribution in [2.45, 2.75) is 45.1 Å². The number of aliphatic hydroxyl groups is 1. The Morgan fingerprint density at radius 3 is 2.64 bits per heavy atom. The van der Waals surface area contributed by atoms with Gasteiger partial charge in [0.15, 0.2) is 0 Å². The summed E-state index contributed by atoms with van der Waals surface area (Å²) < 4.78 is 19.8. The van der Waals surface area contributed by atoms with Crippen LogP contribution in [0.2, 0.25) is 0 Å². The highest BCUT2D eigenvalue weighted by Crippen LogP contribution is 2.34. The van der Waals surface area contributed by atoms with Crippen molar-refractivity contribution >= 4 is 0 Å². The largest absolute Gasteiger partial charge is 0.437 e. The second-order valence-electron chi connectivity index (χ2n) is 6.08. The van der Waals surface area contributed by atoms with Gasteiger partial charge >= 0.3 is 0 Å². The summed E-state index contributed by atoms with van der Waals surface area (Å²) >= 11 is 0. The zero-order valence-corrected chi connectivity index (χ0v) is 12.8. The molecule has 3 rings (SSSR count). The highest BCUT2D eigenvalue weighted by Gasteiger charge is 2.26. The molecule has 0 saturated carbocycles. The summed E-state index contributed by atoms with van der Waals surface area (Å²) in [4.78, 5) is 8.86. The Balaban J connectivity index is 1.95. The summed E-state index contributed by atoms with van der Waals surface area (Å²) in [6, 6.07) is 4.47. The molecule has 0 amide bonds. The van der Waals surface area contributed by atoms with Gasteiger partial charge in [-0.15, -0.1) is 0 Å². The van der Waals surface area contributed by atoms with Gasteiger partial charge in [0.2, 0.25) is 5.88 Å². The molecule has 1 aromatic heterocycles. The third-order valence-electron chi connectivity index (χ3n) is 3.79. The first-order valence-corrected chi connectivity index (χ1v) is 7.49. The molecule has 0 saturated heterocycles. The molecule has 1 aliphatic rings. The van der Waals surface area contributed by atoms with Crippen molar-refractivity contribution in [3.05, 3.63) is 47.2 Å². The minimum atomic E-state index is -1.34. The number of hydrogen-bond acceptors (Lipinski definition) is 4. The zero-order chi connectivity index (χ0) is 15.7. The molecule has 1 aliphatic carbocycles. The molecule has 2 aromatic rings. The Morgan fingerprint density at radius 2 is 1.91 bits per heavy atom. The monoisotopic (exact) mass is 302 g/mol. The molecule has 0 radical (unpaired) electrons. The van der Waals surface area contributed by atoms with E-state index in [0.29, 0.717) is 5.88 Å². The number of ether oxygens (including phenoxy) is 1. The predicted molar refractivity (Wildman–Crippen MR) is 80.4 cm³/mol. The maximum absolute atomic E-state index is 14.0. The van der Waals surface area contributed by atoms with Crippen molar-refractivity contribution < 1.29 is 14.2 Å². The molecule has 1 N–H and O–H groups in total. The molecular formula is C17H19FN2O2. The van der Waals surface area contributed by atoms with E-state index in [1.165, 1.54) is 19.9 Å². The second-order valence-corrected chi connectivity index (χ2v) is 6.08. The molecule has 0 spiro atoms. The smallest absolute Gasteiger partial charge is 0.238 e. The van der Waals surface area contributed by atoms with Crippen molar-refractivity contribution in [2.75, 3.05) is 0 Å². The number of aryl methyl sites for hydroxylation is 2. The van der Waals surface area contributed by atoms with Crippen LogP contribution in [0.5, 0.6) is 11.6 Å². The number of benzene rings is 1. The molecule has 0 atom stereocenters. The van der Waals surface area contributed by atoms with Crippen LogP contribution < -0.4 is 4.74 Å². The summed E-state index contributed by atoms with van der Waals surface area (Å²) in [5.74, 6) is 0.0882. The zero-order valence-electron chi connectivity index (χ0n) is 12.8. The fraction of sp³-hybridized carbons (Fsp3) is 0.412. The van der Waals surface area contributed by atoms with Gasteiger partial charge in [-0.1, -0.05) is 6.07 Å². The lowest BCUT2D eigenvalue weighted by Crippen LogP contribution is -2.19. The number of aromatic nitrogens is 2. The van der Waals surface area contributed by atoms with E-state index in [2.05, 4.69) is 9.97 Å². The molecule has 1 heterocycles. The van der Waals surface area contributed by atoms with Crippen LogP contribution in [0.15, 0.2) is 24.4 Å². The lowest BCUT2D eigenvalue weighted by atomic mass is 9.97. The van der Waals surface area contributed by atoms with Crippen molar-refractivity contribution in [3.63, 3.8) is 0 Å². The first kappa shape index (κ1) is 14.9. The number of halogens is 1. The average molecular weight is 302 g/mol. The van der Waals surface area contributed by atoms with Gasteiger partial charge in [-0.3, -0.25) is 4.98 Å². The molecule has 1 aromatic carbocycles. The van der Waals surface area contributed by atoms with Gasteiger partial charge in [-0.25, -0.2) is 9.37 Å². The third-order valence-corrected chi connectivity index (χ3v) is 3.79. The van der Waals surface area contributed by atoms with E-state index in [1.807, 2.05) is 0 Å². The Kier molecular flexibility index (Phi) is 3.83. The average Bonchev–Trinajstić information content (AvgIpc) is 2.46. The van der Waals surface area contributed by atoms with Crippen LogP contribution in [0.25, 0.3) is 0 Å². The number of fused-ring (bicyclic) bond motifs is 1. The molecule has 0 bridgehead atoms. The summed E-state index contributed by atoms with van der Waals surface area (Å²) in [6.07, 6.45) is 5.62. The van der Waals surface area contributed by atoms with Gasteiger partial charge in [0.1, 0.15) is 11.6 Å². The lowest BCUT2D eigenvalue weighted by Gasteiger charge is -2.22. The van der Waals surface area contributed by atoms with Gasteiger partial charge in [-0.05, 0) is 51.7 Å².